The summed E-state index contributed by atoms with van der Waals surface area (Å²) in [5.74, 6) is 1.26. The van der Waals surface area contributed by atoms with E-state index in [1.807, 2.05) is 12.1 Å². The molecular formula is C30H36FN9. The molecule has 2 aliphatic heterocycles. The number of piperidine rings is 1. The molecule has 40 heavy (non-hydrogen) atoms. The highest BCUT2D eigenvalue weighted by atomic mass is 19.1. The van der Waals surface area contributed by atoms with Crippen LogP contribution in [-0.4, -0.2) is 81.7 Å². The minimum absolute atomic E-state index is 0.160. The van der Waals surface area contributed by atoms with Crippen LogP contribution in [0.1, 0.15) is 37.3 Å². The standard InChI is InChI=1S/C30H36FN9/c1-37-13-11-23(12-14-37)39-17-15-38(16-18-39)22-9-7-21(8-10-22)34-30-33-19-24-27(31)28(20-5-6-20)40(29(24)36-30)26-4-2-3-25(32)35-26/h2-4,7-10,19-20,23H,5-6,11-18H2,1H3,(H2,32,35)(H,33,34,36). The second kappa shape index (κ2) is 10.3. The SMILES string of the molecule is CN1CCC(N2CCN(c3ccc(Nc4ncc5c(F)c(C6CC6)n(-c6cccc(N)n6)c5n4)cc3)CC2)CC1. The molecule has 3 fully saturated rings. The number of nitrogens with zero attached hydrogens (tertiary/aromatic N) is 7. The highest BCUT2D eigenvalue weighted by molar-refractivity contribution is 5.81. The van der Waals surface area contributed by atoms with Crippen molar-refractivity contribution >= 4 is 34.2 Å². The van der Waals surface area contributed by atoms with Gasteiger partial charge in [0, 0.05) is 55.7 Å². The summed E-state index contributed by atoms with van der Waals surface area (Å²) in [4.78, 5) is 21.2. The Balaban J connectivity index is 1.07. The van der Waals surface area contributed by atoms with Crippen LogP contribution in [0.3, 0.4) is 0 Å². The molecule has 2 saturated heterocycles. The molecule has 0 spiro atoms. The predicted molar refractivity (Wildman–Crippen MR) is 157 cm³/mol. The van der Waals surface area contributed by atoms with E-state index in [-0.39, 0.29) is 11.7 Å². The van der Waals surface area contributed by atoms with Gasteiger partial charge in [0.2, 0.25) is 5.95 Å². The highest BCUT2D eigenvalue weighted by Gasteiger charge is 2.34. The number of rotatable bonds is 6. The lowest BCUT2D eigenvalue weighted by atomic mass is 10.0. The van der Waals surface area contributed by atoms with Crippen molar-refractivity contribution in [3.8, 4) is 5.82 Å². The molecule has 0 radical (unpaired) electrons. The molecule has 0 bridgehead atoms. The Morgan fingerprint density at radius 3 is 2.35 bits per heavy atom. The summed E-state index contributed by atoms with van der Waals surface area (Å²) in [7, 11) is 2.22. The molecule has 1 saturated carbocycles. The smallest absolute Gasteiger partial charge is 0.229 e. The molecule has 1 aliphatic carbocycles. The average molecular weight is 542 g/mol. The number of piperazine rings is 1. The van der Waals surface area contributed by atoms with E-state index in [1.165, 1.54) is 31.6 Å². The lowest BCUT2D eigenvalue weighted by molar-refractivity contribution is 0.115. The van der Waals surface area contributed by atoms with Crippen molar-refractivity contribution in [2.24, 2.45) is 0 Å². The van der Waals surface area contributed by atoms with Gasteiger partial charge in [-0.25, -0.2) is 14.4 Å². The summed E-state index contributed by atoms with van der Waals surface area (Å²) < 4.78 is 17.3. The number of nitrogens with one attached hydrogen (secondary N) is 1. The Bertz CT molecular complexity index is 1500. The molecule has 4 aromatic rings. The van der Waals surface area contributed by atoms with Crippen LogP contribution in [0.15, 0.2) is 48.7 Å². The lowest BCUT2D eigenvalue weighted by Crippen LogP contribution is -2.52. The van der Waals surface area contributed by atoms with Gasteiger partial charge in [-0.05, 0) is 82.2 Å². The van der Waals surface area contributed by atoms with Gasteiger partial charge < -0.3 is 20.9 Å². The van der Waals surface area contributed by atoms with E-state index in [0.717, 1.165) is 50.7 Å². The van der Waals surface area contributed by atoms with Crippen molar-refractivity contribution in [1.82, 2.24) is 29.3 Å². The van der Waals surface area contributed by atoms with Gasteiger partial charge in [-0.1, -0.05) is 6.07 Å². The fourth-order valence-electron chi connectivity index (χ4n) is 6.21. The summed E-state index contributed by atoms with van der Waals surface area (Å²) in [6.07, 6.45) is 6.02. The minimum atomic E-state index is -0.270. The maximum atomic E-state index is 15.5. The van der Waals surface area contributed by atoms with Crippen molar-refractivity contribution < 1.29 is 4.39 Å². The number of hydrogen-bond acceptors (Lipinski definition) is 8. The topological polar surface area (TPSA) is 91.4 Å². The first-order valence-corrected chi connectivity index (χ1v) is 14.4. The van der Waals surface area contributed by atoms with Gasteiger partial charge in [0.15, 0.2) is 11.5 Å². The number of hydrogen-bond donors (Lipinski definition) is 2. The molecule has 9 nitrogen and oxygen atoms in total. The van der Waals surface area contributed by atoms with E-state index in [4.69, 9.17) is 10.7 Å². The number of nitrogens with two attached hydrogens (primary N) is 1. The summed E-state index contributed by atoms with van der Waals surface area (Å²) >= 11 is 0. The zero-order valence-electron chi connectivity index (χ0n) is 22.9. The molecule has 3 aromatic heterocycles. The van der Waals surface area contributed by atoms with Gasteiger partial charge in [0.05, 0.1) is 11.1 Å². The van der Waals surface area contributed by atoms with Crippen LogP contribution in [-0.2, 0) is 0 Å². The van der Waals surface area contributed by atoms with E-state index in [2.05, 4.69) is 61.3 Å². The monoisotopic (exact) mass is 541 g/mol. The number of pyridine rings is 1. The number of anilines is 4. The first-order valence-electron chi connectivity index (χ1n) is 14.4. The van der Waals surface area contributed by atoms with Crippen LogP contribution in [0.25, 0.3) is 16.9 Å². The molecule has 5 heterocycles. The van der Waals surface area contributed by atoms with Crippen molar-refractivity contribution in [2.75, 3.05) is 62.3 Å². The van der Waals surface area contributed by atoms with Crippen LogP contribution < -0.4 is 16.0 Å². The third kappa shape index (κ3) is 4.86. The van der Waals surface area contributed by atoms with Crippen molar-refractivity contribution in [1.29, 1.82) is 0 Å². The number of benzene rings is 1. The van der Waals surface area contributed by atoms with Gasteiger partial charge in [-0.3, -0.25) is 9.47 Å². The maximum Gasteiger partial charge on any atom is 0.229 e. The largest absolute Gasteiger partial charge is 0.384 e. The third-order valence-corrected chi connectivity index (χ3v) is 8.64. The average Bonchev–Trinajstić information content (AvgIpc) is 3.77. The zero-order chi connectivity index (χ0) is 27.2. The lowest BCUT2D eigenvalue weighted by Gasteiger charge is -2.42. The molecule has 0 amide bonds. The number of nitrogen functional groups attached to an aromatic ring is 1. The van der Waals surface area contributed by atoms with E-state index in [9.17, 15) is 0 Å². The number of fused-ring (bicyclic) bond motifs is 1. The number of likely N-dealkylation sites (tertiary alicyclic amines) is 1. The Labute approximate surface area is 233 Å². The quantitative estimate of drug-likeness (QED) is 0.372. The van der Waals surface area contributed by atoms with Gasteiger partial charge in [-0.15, -0.1) is 0 Å². The maximum absolute atomic E-state index is 15.5. The molecule has 0 unspecified atom stereocenters. The Morgan fingerprint density at radius 2 is 1.65 bits per heavy atom. The summed E-state index contributed by atoms with van der Waals surface area (Å²) in [5, 5.41) is 3.70. The number of aromatic nitrogens is 4. The Hall–Kier alpha value is -3.76. The normalized spacial score (nSPS) is 19.4. The van der Waals surface area contributed by atoms with Crippen molar-refractivity contribution in [3.63, 3.8) is 0 Å². The van der Waals surface area contributed by atoms with E-state index in [0.29, 0.717) is 34.3 Å². The van der Waals surface area contributed by atoms with Crippen LogP contribution in [0.4, 0.5) is 27.5 Å². The molecule has 10 heteroatoms. The molecule has 3 aliphatic rings. The predicted octanol–water partition coefficient (Wildman–Crippen LogP) is 4.37. The second-order valence-electron chi connectivity index (χ2n) is 11.4. The molecule has 208 valence electrons. The summed E-state index contributed by atoms with van der Waals surface area (Å²) in [6.45, 7) is 6.73. The van der Waals surface area contributed by atoms with Crippen LogP contribution in [0.2, 0.25) is 0 Å². The molecule has 7 rings (SSSR count). The first-order chi connectivity index (χ1) is 19.5. The highest BCUT2D eigenvalue weighted by Crippen LogP contribution is 2.45. The zero-order valence-corrected chi connectivity index (χ0v) is 22.9. The molecule has 3 N–H and O–H groups in total. The van der Waals surface area contributed by atoms with Crippen LogP contribution in [0.5, 0.6) is 0 Å². The summed E-state index contributed by atoms with van der Waals surface area (Å²) in [5.41, 5.74) is 9.18. The molecule has 0 atom stereocenters. The van der Waals surface area contributed by atoms with E-state index in [1.54, 1.807) is 16.8 Å². The minimum Gasteiger partial charge on any atom is -0.384 e. The third-order valence-electron chi connectivity index (χ3n) is 8.64. The Morgan fingerprint density at radius 1 is 0.900 bits per heavy atom. The van der Waals surface area contributed by atoms with Crippen LogP contribution in [0, 0.1) is 5.82 Å². The second-order valence-corrected chi connectivity index (χ2v) is 11.4. The number of halogens is 1. The van der Waals surface area contributed by atoms with Gasteiger partial charge in [0.1, 0.15) is 11.6 Å². The van der Waals surface area contributed by atoms with Gasteiger partial charge in [-0.2, -0.15) is 4.98 Å². The summed E-state index contributed by atoms with van der Waals surface area (Å²) in [6, 6.07) is 14.5. The van der Waals surface area contributed by atoms with Gasteiger partial charge >= 0.3 is 0 Å². The van der Waals surface area contributed by atoms with Crippen LogP contribution >= 0.6 is 0 Å². The first kappa shape index (κ1) is 25.2. The van der Waals surface area contributed by atoms with Crippen molar-refractivity contribution in [2.45, 2.75) is 37.6 Å². The van der Waals surface area contributed by atoms with Gasteiger partial charge in [0.25, 0.3) is 0 Å². The van der Waals surface area contributed by atoms with Crippen molar-refractivity contribution in [3.05, 3.63) is 60.2 Å². The molecule has 1 aromatic carbocycles. The fourth-order valence-corrected chi connectivity index (χ4v) is 6.21. The van der Waals surface area contributed by atoms with E-state index >= 15 is 4.39 Å². The Kier molecular flexibility index (Phi) is 6.51. The molecular weight excluding hydrogens is 505 g/mol. The fraction of sp³-hybridized carbons (Fsp3) is 0.433. The van der Waals surface area contributed by atoms with E-state index < -0.39 is 0 Å².